The highest BCUT2D eigenvalue weighted by Crippen LogP contribution is 2.62. The molecule has 290 valence electrons. The molecule has 0 unspecified atom stereocenters. The van der Waals surface area contributed by atoms with Gasteiger partial charge >= 0.3 is 0 Å². The van der Waals surface area contributed by atoms with E-state index in [1.165, 1.54) is 59.5 Å². The molecule has 0 bridgehead atoms. The Morgan fingerprint density at radius 1 is 0.323 bits per heavy atom. The van der Waals surface area contributed by atoms with Crippen LogP contribution in [0.15, 0.2) is 206 Å². The number of rotatable bonds is 5. The molecular weight excluding hydrogens is 793 g/mol. The molecule has 2 aromatic heterocycles. The number of nitrogens with zero attached hydrogens (tertiary/aromatic N) is 2. The zero-order valence-corrected chi connectivity index (χ0v) is 34.9. The van der Waals surface area contributed by atoms with Gasteiger partial charge in [0.05, 0.1) is 25.8 Å². The fourth-order valence-electron chi connectivity index (χ4n) is 9.82. The van der Waals surface area contributed by atoms with Crippen LogP contribution in [0.3, 0.4) is 0 Å². The number of thiazole rings is 2. The summed E-state index contributed by atoms with van der Waals surface area (Å²) in [6.07, 6.45) is 0. The molecule has 0 saturated carbocycles. The number of para-hydroxylation sites is 4. The highest BCUT2D eigenvalue weighted by molar-refractivity contribution is 7.22. The SMILES string of the molecule is c1cc(-c2cccc(-c3ccc4c(c3)C3(c5ccccc5Oc5ccccc53)c3ccccc3-4)c2)cc(-c2cc(-c3nc4ccccc4s3)cc(-c3nc4ccccc4s3)c2)c1. The summed E-state index contributed by atoms with van der Waals surface area (Å²) < 4.78 is 8.96. The van der Waals surface area contributed by atoms with E-state index in [1.807, 2.05) is 0 Å². The summed E-state index contributed by atoms with van der Waals surface area (Å²) in [5.41, 5.74) is 18.1. The van der Waals surface area contributed by atoms with E-state index < -0.39 is 5.41 Å². The lowest BCUT2D eigenvalue weighted by molar-refractivity contribution is 0.436. The standard InChI is InChI=1S/C57H34N2OS2/c1-2-18-45-43(17-1)44-28-27-39(34-48(44)57(45)46-19-3-7-23-51(46)60-52-24-8-4-20-47(52)57)37-15-11-13-35(29-37)36-14-12-16-38(30-36)40-31-41(55-58-49-21-5-9-25-53(49)61-55)33-42(32-40)56-59-50-22-6-10-26-54(50)62-56/h1-34H. The third-order valence-corrected chi connectivity index (χ3v) is 14.8. The van der Waals surface area contributed by atoms with Crippen LogP contribution in [0.2, 0.25) is 0 Å². The number of ether oxygens (including phenoxy) is 1. The summed E-state index contributed by atoms with van der Waals surface area (Å²) in [4.78, 5) is 10.2. The van der Waals surface area contributed by atoms with Crippen molar-refractivity contribution in [3.63, 3.8) is 0 Å². The van der Waals surface area contributed by atoms with Crippen molar-refractivity contribution in [2.75, 3.05) is 0 Å². The third-order valence-electron chi connectivity index (χ3n) is 12.6. The number of hydrogen-bond acceptors (Lipinski definition) is 5. The van der Waals surface area contributed by atoms with Gasteiger partial charge in [-0.25, -0.2) is 9.97 Å². The summed E-state index contributed by atoms with van der Waals surface area (Å²) in [5, 5.41) is 2.01. The van der Waals surface area contributed by atoms with Crippen LogP contribution in [0.5, 0.6) is 11.5 Å². The summed E-state index contributed by atoms with van der Waals surface area (Å²) in [6.45, 7) is 0. The van der Waals surface area contributed by atoms with Gasteiger partial charge in [-0.05, 0) is 128 Å². The Balaban J connectivity index is 0.927. The van der Waals surface area contributed by atoms with Crippen molar-refractivity contribution in [2.45, 2.75) is 5.41 Å². The molecule has 3 nitrogen and oxygen atoms in total. The van der Waals surface area contributed by atoms with Gasteiger partial charge in [-0.3, -0.25) is 0 Å². The van der Waals surface area contributed by atoms with Gasteiger partial charge in [-0.15, -0.1) is 22.7 Å². The average molecular weight is 827 g/mol. The first-order chi connectivity index (χ1) is 30.7. The molecule has 13 rings (SSSR count). The van der Waals surface area contributed by atoms with Gasteiger partial charge in [0.25, 0.3) is 0 Å². The molecular formula is C57H34N2OS2. The second-order valence-electron chi connectivity index (χ2n) is 16.1. The zero-order chi connectivity index (χ0) is 40.8. The van der Waals surface area contributed by atoms with Gasteiger partial charge in [0, 0.05) is 22.3 Å². The van der Waals surface area contributed by atoms with Crippen LogP contribution in [0.4, 0.5) is 0 Å². The van der Waals surface area contributed by atoms with E-state index in [1.54, 1.807) is 22.7 Å². The van der Waals surface area contributed by atoms with Crippen LogP contribution >= 0.6 is 22.7 Å². The zero-order valence-electron chi connectivity index (χ0n) is 33.2. The van der Waals surface area contributed by atoms with E-state index in [9.17, 15) is 0 Å². The first-order valence-electron chi connectivity index (χ1n) is 20.9. The molecule has 9 aromatic carbocycles. The number of fused-ring (bicyclic) bond motifs is 11. The van der Waals surface area contributed by atoms with Gasteiger partial charge in [-0.2, -0.15) is 0 Å². The molecule has 0 saturated heterocycles. The molecule has 62 heavy (non-hydrogen) atoms. The molecule has 0 fully saturated rings. The molecule has 11 aromatic rings. The van der Waals surface area contributed by atoms with Crippen LogP contribution in [0.25, 0.3) is 86.1 Å². The van der Waals surface area contributed by atoms with Crippen molar-refractivity contribution in [1.82, 2.24) is 9.97 Å². The van der Waals surface area contributed by atoms with E-state index in [0.717, 1.165) is 60.4 Å². The molecule has 1 aliphatic heterocycles. The lowest BCUT2D eigenvalue weighted by Gasteiger charge is -2.39. The van der Waals surface area contributed by atoms with Crippen molar-refractivity contribution in [1.29, 1.82) is 0 Å². The fraction of sp³-hybridized carbons (Fsp3) is 0.0175. The Kier molecular flexibility index (Phi) is 7.86. The van der Waals surface area contributed by atoms with Gasteiger partial charge in [0.1, 0.15) is 21.5 Å². The second kappa shape index (κ2) is 13.8. The molecule has 0 amide bonds. The average Bonchev–Trinajstić information content (AvgIpc) is 4.05. The van der Waals surface area contributed by atoms with Crippen molar-refractivity contribution >= 4 is 43.1 Å². The Labute approximate surface area is 366 Å². The lowest BCUT2D eigenvalue weighted by atomic mass is 9.66. The number of hydrogen-bond donors (Lipinski definition) is 0. The van der Waals surface area contributed by atoms with Crippen LogP contribution in [0.1, 0.15) is 22.3 Å². The normalized spacial score (nSPS) is 13.1. The van der Waals surface area contributed by atoms with E-state index in [-0.39, 0.29) is 0 Å². The minimum absolute atomic E-state index is 0.510. The third kappa shape index (κ3) is 5.42. The molecule has 0 radical (unpaired) electrons. The molecule has 0 atom stereocenters. The Hall–Kier alpha value is -7.44. The van der Waals surface area contributed by atoms with Crippen LogP contribution in [0, 0.1) is 0 Å². The smallest absolute Gasteiger partial charge is 0.132 e. The molecule has 1 aliphatic carbocycles. The first kappa shape index (κ1) is 35.3. The lowest BCUT2D eigenvalue weighted by Crippen LogP contribution is -2.32. The summed E-state index contributed by atoms with van der Waals surface area (Å²) in [6, 6.07) is 74.6. The van der Waals surface area contributed by atoms with Crippen molar-refractivity contribution < 1.29 is 4.74 Å². The fourth-order valence-corrected chi connectivity index (χ4v) is 11.7. The first-order valence-corrected chi connectivity index (χ1v) is 22.5. The van der Waals surface area contributed by atoms with Crippen molar-refractivity contribution in [2.24, 2.45) is 0 Å². The highest BCUT2D eigenvalue weighted by atomic mass is 32.1. The van der Waals surface area contributed by atoms with E-state index in [0.29, 0.717) is 0 Å². The summed E-state index contributed by atoms with van der Waals surface area (Å²) >= 11 is 3.47. The van der Waals surface area contributed by atoms with Crippen molar-refractivity contribution in [3.05, 3.63) is 229 Å². The predicted octanol–water partition coefficient (Wildman–Crippen LogP) is 15.7. The maximum Gasteiger partial charge on any atom is 0.132 e. The van der Waals surface area contributed by atoms with Gasteiger partial charge in [0.2, 0.25) is 0 Å². The maximum atomic E-state index is 6.59. The Morgan fingerprint density at radius 2 is 0.758 bits per heavy atom. The van der Waals surface area contributed by atoms with E-state index in [2.05, 4.69) is 206 Å². The molecule has 1 spiro atoms. The van der Waals surface area contributed by atoms with Gasteiger partial charge < -0.3 is 4.74 Å². The van der Waals surface area contributed by atoms with Crippen LogP contribution in [-0.2, 0) is 5.41 Å². The Bertz CT molecular complexity index is 3390. The van der Waals surface area contributed by atoms with Gasteiger partial charge in [0.15, 0.2) is 0 Å². The minimum Gasteiger partial charge on any atom is -0.457 e. The molecule has 5 heteroatoms. The highest BCUT2D eigenvalue weighted by Gasteiger charge is 2.51. The predicted molar refractivity (Wildman–Crippen MR) is 257 cm³/mol. The molecule has 3 heterocycles. The van der Waals surface area contributed by atoms with Crippen molar-refractivity contribution in [3.8, 4) is 77.1 Å². The largest absolute Gasteiger partial charge is 0.457 e. The molecule has 0 N–H and O–H groups in total. The van der Waals surface area contributed by atoms with Gasteiger partial charge in [-0.1, -0.05) is 133 Å². The van der Waals surface area contributed by atoms with Crippen LogP contribution in [-0.4, -0.2) is 9.97 Å². The summed E-state index contributed by atoms with van der Waals surface area (Å²) in [7, 11) is 0. The maximum absolute atomic E-state index is 6.59. The minimum atomic E-state index is -0.510. The van der Waals surface area contributed by atoms with E-state index in [4.69, 9.17) is 14.7 Å². The number of benzene rings is 9. The van der Waals surface area contributed by atoms with E-state index >= 15 is 0 Å². The topological polar surface area (TPSA) is 35.0 Å². The quantitative estimate of drug-likeness (QED) is 0.173. The Morgan fingerprint density at radius 3 is 1.34 bits per heavy atom. The summed E-state index contributed by atoms with van der Waals surface area (Å²) in [5.74, 6) is 1.80. The monoisotopic (exact) mass is 826 g/mol. The second-order valence-corrected chi connectivity index (χ2v) is 18.1. The van der Waals surface area contributed by atoms with Crippen LogP contribution < -0.4 is 4.74 Å². The number of aromatic nitrogens is 2. The molecule has 2 aliphatic rings.